The molecule has 0 heterocycles. The van der Waals surface area contributed by atoms with Gasteiger partial charge in [-0.15, -0.1) is 0 Å². The number of aldehydes is 1. The molecule has 2 aromatic carbocycles. The summed E-state index contributed by atoms with van der Waals surface area (Å²) in [6.45, 7) is -0.0585. The largest absolute Gasteiger partial charge is 0.486 e. The highest BCUT2D eigenvalue weighted by Crippen LogP contribution is 2.34. The van der Waals surface area contributed by atoms with E-state index in [1.807, 2.05) is 0 Å². The summed E-state index contributed by atoms with van der Waals surface area (Å²) in [6.07, 6.45) is 0.615. The molecule has 0 aliphatic carbocycles. The van der Waals surface area contributed by atoms with Gasteiger partial charge in [0.25, 0.3) is 5.69 Å². The SMILES string of the molecule is O=Cc1cc(Cl)c(OCc2ccccc2[N+](=O)[O-])c(Cl)c1. The summed E-state index contributed by atoms with van der Waals surface area (Å²) in [5, 5.41) is 11.2. The Morgan fingerprint density at radius 3 is 2.38 bits per heavy atom. The number of para-hydroxylation sites is 1. The van der Waals surface area contributed by atoms with Gasteiger partial charge in [-0.05, 0) is 18.2 Å². The molecular formula is C14H9Cl2NO4. The first-order chi connectivity index (χ1) is 10.0. The molecule has 0 unspecified atom stereocenters. The summed E-state index contributed by atoms with van der Waals surface area (Å²) < 4.78 is 5.46. The zero-order valence-corrected chi connectivity index (χ0v) is 12.1. The van der Waals surface area contributed by atoms with E-state index in [2.05, 4.69) is 0 Å². The fourth-order valence-corrected chi connectivity index (χ4v) is 2.36. The van der Waals surface area contributed by atoms with Crippen LogP contribution in [0.4, 0.5) is 5.69 Å². The van der Waals surface area contributed by atoms with Gasteiger partial charge in [-0.2, -0.15) is 0 Å². The maximum Gasteiger partial charge on any atom is 0.276 e. The number of hydrogen-bond donors (Lipinski definition) is 0. The number of rotatable bonds is 5. The molecule has 0 bridgehead atoms. The smallest absolute Gasteiger partial charge is 0.276 e. The molecule has 5 nitrogen and oxygen atoms in total. The highest BCUT2D eigenvalue weighted by atomic mass is 35.5. The van der Waals surface area contributed by atoms with E-state index in [-0.39, 0.29) is 28.1 Å². The van der Waals surface area contributed by atoms with E-state index >= 15 is 0 Å². The number of halogens is 2. The lowest BCUT2D eigenvalue weighted by Gasteiger charge is -2.10. The van der Waals surface area contributed by atoms with Crippen LogP contribution in [0, 0.1) is 10.1 Å². The first-order valence-corrected chi connectivity index (χ1v) is 6.58. The fraction of sp³-hybridized carbons (Fsp3) is 0.0714. The summed E-state index contributed by atoms with van der Waals surface area (Å²) in [6, 6.07) is 9.03. The summed E-state index contributed by atoms with van der Waals surface area (Å²) >= 11 is 12.0. The Bertz CT molecular complexity index is 680. The highest BCUT2D eigenvalue weighted by molar-refractivity contribution is 6.37. The first-order valence-electron chi connectivity index (χ1n) is 5.82. The van der Waals surface area contributed by atoms with Crippen LogP contribution >= 0.6 is 23.2 Å². The van der Waals surface area contributed by atoms with E-state index in [1.54, 1.807) is 18.2 Å². The Balaban J connectivity index is 2.25. The Hall–Kier alpha value is -2.11. The Morgan fingerprint density at radius 2 is 1.81 bits per heavy atom. The fourth-order valence-electron chi connectivity index (χ4n) is 1.75. The normalized spacial score (nSPS) is 10.2. The van der Waals surface area contributed by atoms with Crippen molar-refractivity contribution in [3.63, 3.8) is 0 Å². The second-order valence-electron chi connectivity index (χ2n) is 4.11. The zero-order chi connectivity index (χ0) is 15.4. The molecule has 0 N–H and O–H groups in total. The van der Waals surface area contributed by atoms with Gasteiger partial charge in [0, 0.05) is 11.6 Å². The average molecular weight is 326 g/mol. The Kier molecular flexibility index (Phi) is 4.77. The summed E-state index contributed by atoms with van der Waals surface area (Å²) in [5.41, 5.74) is 0.673. The van der Waals surface area contributed by atoms with Crippen LogP contribution in [0.1, 0.15) is 15.9 Å². The number of hydrogen-bond acceptors (Lipinski definition) is 4. The number of nitro groups is 1. The first kappa shape index (κ1) is 15.3. The molecule has 0 aromatic heterocycles. The second-order valence-corrected chi connectivity index (χ2v) is 4.92. The van der Waals surface area contributed by atoms with Gasteiger partial charge in [-0.25, -0.2) is 0 Å². The van der Waals surface area contributed by atoms with Crippen molar-refractivity contribution in [2.75, 3.05) is 0 Å². The molecule has 0 atom stereocenters. The van der Waals surface area contributed by atoms with Crippen LogP contribution in [0.2, 0.25) is 10.0 Å². The van der Waals surface area contributed by atoms with Crippen LogP contribution in [0.5, 0.6) is 5.75 Å². The Labute approximate surface area is 130 Å². The quantitative estimate of drug-likeness (QED) is 0.467. The highest BCUT2D eigenvalue weighted by Gasteiger charge is 2.15. The van der Waals surface area contributed by atoms with Crippen LogP contribution < -0.4 is 4.74 Å². The van der Waals surface area contributed by atoms with Crippen molar-refractivity contribution in [3.05, 3.63) is 67.7 Å². The van der Waals surface area contributed by atoms with Crippen LogP contribution in [-0.4, -0.2) is 11.2 Å². The maximum absolute atomic E-state index is 10.9. The predicted molar refractivity (Wildman–Crippen MR) is 79.3 cm³/mol. The van der Waals surface area contributed by atoms with Gasteiger partial charge in [0.2, 0.25) is 0 Å². The van der Waals surface area contributed by atoms with E-state index in [4.69, 9.17) is 27.9 Å². The van der Waals surface area contributed by atoms with E-state index in [1.165, 1.54) is 18.2 Å². The third kappa shape index (κ3) is 3.51. The molecule has 0 amide bonds. The number of benzene rings is 2. The summed E-state index contributed by atoms with van der Waals surface area (Å²) in [4.78, 5) is 21.1. The Morgan fingerprint density at radius 1 is 1.19 bits per heavy atom. The number of carbonyl (C=O) groups excluding carboxylic acids is 1. The minimum atomic E-state index is -0.489. The molecule has 0 aliphatic rings. The lowest BCUT2D eigenvalue weighted by molar-refractivity contribution is -0.385. The summed E-state index contributed by atoms with van der Waals surface area (Å²) in [7, 11) is 0. The van der Waals surface area contributed by atoms with Gasteiger partial charge in [-0.1, -0.05) is 35.3 Å². The molecular weight excluding hydrogens is 317 g/mol. The van der Waals surface area contributed by atoms with Gasteiger partial charge in [0.05, 0.1) is 20.5 Å². The molecule has 0 radical (unpaired) electrons. The van der Waals surface area contributed by atoms with Crippen molar-refractivity contribution in [1.29, 1.82) is 0 Å². The van der Waals surface area contributed by atoms with Crippen LogP contribution in [-0.2, 0) is 6.61 Å². The van der Waals surface area contributed by atoms with Crippen molar-refractivity contribution in [2.24, 2.45) is 0 Å². The lowest BCUT2D eigenvalue weighted by atomic mass is 10.2. The molecule has 0 saturated carbocycles. The van der Waals surface area contributed by atoms with Crippen molar-refractivity contribution in [3.8, 4) is 5.75 Å². The molecule has 2 aromatic rings. The number of carbonyl (C=O) groups is 1. The van der Waals surface area contributed by atoms with Crippen molar-refractivity contribution < 1.29 is 14.5 Å². The van der Waals surface area contributed by atoms with Gasteiger partial charge in [0.1, 0.15) is 12.9 Å². The van der Waals surface area contributed by atoms with Crippen LogP contribution in [0.15, 0.2) is 36.4 Å². The molecule has 0 fully saturated rings. The molecule has 108 valence electrons. The number of ether oxygens (including phenoxy) is 1. The van der Waals surface area contributed by atoms with Gasteiger partial charge < -0.3 is 4.74 Å². The topological polar surface area (TPSA) is 69.4 Å². The van der Waals surface area contributed by atoms with Crippen LogP contribution in [0.3, 0.4) is 0 Å². The van der Waals surface area contributed by atoms with E-state index < -0.39 is 4.92 Å². The van der Waals surface area contributed by atoms with Crippen molar-refractivity contribution >= 4 is 35.2 Å². The molecule has 21 heavy (non-hydrogen) atoms. The molecule has 7 heteroatoms. The zero-order valence-electron chi connectivity index (χ0n) is 10.6. The van der Waals surface area contributed by atoms with E-state index in [0.717, 1.165) is 0 Å². The average Bonchev–Trinajstić information content (AvgIpc) is 2.46. The third-order valence-corrected chi connectivity index (χ3v) is 3.28. The van der Waals surface area contributed by atoms with Crippen molar-refractivity contribution in [2.45, 2.75) is 6.61 Å². The van der Waals surface area contributed by atoms with Gasteiger partial charge in [0.15, 0.2) is 5.75 Å². The van der Waals surface area contributed by atoms with Crippen LogP contribution in [0.25, 0.3) is 0 Å². The minimum absolute atomic E-state index is 0.0470. The van der Waals surface area contributed by atoms with Crippen molar-refractivity contribution in [1.82, 2.24) is 0 Å². The third-order valence-electron chi connectivity index (χ3n) is 2.72. The molecule has 0 aliphatic heterocycles. The maximum atomic E-state index is 10.9. The monoisotopic (exact) mass is 325 g/mol. The standard InChI is InChI=1S/C14H9Cl2NO4/c15-11-5-9(7-18)6-12(16)14(11)21-8-10-3-1-2-4-13(10)17(19)20/h1-7H,8H2. The van der Waals surface area contributed by atoms with E-state index in [9.17, 15) is 14.9 Å². The van der Waals surface area contributed by atoms with Gasteiger partial charge >= 0.3 is 0 Å². The number of nitro benzene ring substituents is 1. The molecule has 0 saturated heterocycles. The molecule has 0 spiro atoms. The second kappa shape index (κ2) is 6.56. The predicted octanol–water partition coefficient (Wildman–Crippen LogP) is 4.29. The van der Waals surface area contributed by atoms with Gasteiger partial charge in [-0.3, -0.25) is 14.9 Å². The summed E-state index contributed by atoms with van der Waals surface area (Å²) in [5.74, 6) is 0.182. The molecule has 2 rings (SSSR count). The lowest BCUT2D eigenvalue weighted by Crippen LogP contribution is -2.01. The van der Waals surface area contributed by atoms with E-state index in [0.29, 0.717) is 17.4 Å². The number of nitrogens with zero attached hydrogens (tertiary/aromatic N) is 1. The minimum Gasteiger partial charge on any atom is -0.486 e.